The fourth-order valence-corrected chi connectivity index (χ4v) is 2.32. The summed E-state index contributed by atoms with van der Waals surface area (Å²) in [6, 6.07) is 6.74. The molecular weight excluding hydrogens is 342 g/mol. The van der Waals surface area contributed by atoms with Gasteiger partial charge >= 0.3 is 5.69 Å². The molecule has 0 aromatic carbocycles. The van der Waals surface area contributed by atoms with E-state index in [1.165, 1.54) is 4.68 Å². The van der Waals surface area contributed by atoms with Crippen molar-refractivity contribution in [3.8, 4) is 17.3 Å². The molecule has 0 bridgehead atoms. The molecule has 0 saturated carbocycles. The number of nitrogens with zero attached hydrogens (tertiary/aromatic N) is 4. The van der Waals surface area contributed by atoms with E-state index in [-0.39, 0.29) is 11.1 Å². The van der Waals surface area contributed by atoms with Crippen LogP contribution in [0.25, 0.3) is 5.82 Å². The van der Waals surface area contributed by atoms with Crippen molar-refractivity contribution in [1.82, 2.24) is 24.7 Å². The molecule has 3 heterocycles. The second-order valence-electron chi connectivity index (χ2n) is 6.61. The van der Waals surface area contributed by atoms with Crippen LogP contribution >= 0.6 is 11.6 Å². The first kappa shape index (κ1) is 17.2. The zero-order valence-electron chi connectivity index (χ0n) is 14.4. The minimum absolute atomic E-state index is 0.261. The van der Waals surface area contributed by atoms with E-state index in [9.17, 15) is 4.79 Å². The third kappa shape index (κ3) is 3.71. The SMILES string of the molecule is Cc1nc(-n2nc(C(C)(C)C)[nH]c2=O)ccc1Oc1ccnc(Cl)c1. The first-order chi connectivity index (χ1) is 11.7. The molecule has 0 aliphatic carbocycles. The summed E-state index contributed by atoms with van der Waals surface area (Å²) in [7, 11) is 0. The van der Waals surface area contributed by atoms with Crippen LogP contribution in [0.3, 0.4) is 0 Å². The summed E-state index contributed by atoms with van der Waals surface area (Å²) in [6.07, 6.45) is 1.56. The summed E-state index contributed by atoms with van der Waals surface area (Å²) >= 11 is 5.86. The third-order valence-corrected chi connectivity index (χ3v) is 3.70. The van der Waals surface area contributed by atoms with Gasteiger partial charge < -0.3 is 4.74 Å². The van der Waals surface area contributed by atoms with E-state index in [1.54, 1.807) is 37.4 Å². The summed E-state index contributed by atoms with van der Waals surface area (Å²) in [5.74, 6) is 2.15. The van der Waals surface area contributed by atoms with Crippen molar-refractivity contribution in [2.75, 3.05) is 0 Å². The van der Waals surface area contributed by atoms with Crippen LogP contribution in [-0.2, 0) is 5.41 Å². The average molecular weight is 360 g/mol. The lowest BCUT2D eigenvalue weighted by Gasteiger charge is -2.13. The van der Waals surface area contributed by atoms with Crippen LogP contribution in [0.1, 0.15) is 32.3 Å². The highest BCUT2D eigenvalue weighted by Crippen LogP contribution is 2.26. The molecule has 3 aromatic heterocycles. The van der Waals surface area contributed by atoms with Gasteiger partial charge in [-0.05, 0) is 25.1 Å². The topological polar surface area (TPSA) is 85.7 Å². The first-order valence-corrected chi connectivity index (χ1v) is 8.09. The van der Waals surface area contributed by atoms with Crippen molar-refractivity contribution in [2.45, 2.75) is 33.1 Å². The first-order valence-electron chi connectivity index (χ1n) is 7.71. The Hall–Kier alpha value is -2.67. The summed E-state index contributed by atoms with van der Waals surface area (Å²) in [4.78, 5) is 23.3. The maximum absolute atomic E-state index is 12.2. The average Bonchev–Trinajstić information content (AvgIpc) is 2.91. The van der Waals surface area contributed by atoms with Crippen molar-refractivity contribution in [1.29, 1.82) is 0 Å². The zero-order chi connectivity index (χ0) is 18.2. The molecular formula is C17H18ClN5O2. The molecule has 0 unspecified atom stereocenters. The molecule has 0 saturated heterocycles. The lowest BCUT2D eigenvalue weighted by Crippen LogP contribution is -2.17. The lowest BCUT2D eigenvalue weighted by molar-refractivity contribution is 0.474. The Morgan fingerprint density at radius 3 is 2.60 bits per heavy atom. The molecule has 3 rings (SSSR count). The van der Waals surface area contributed by atoms with Crippen molar-refractivity contribution in [2.24, 2.45) is 0 Å². The van der Waals surface area contributed by atoms with Crippen molar-refractivity contribution < 1.29 is 4.74 Å². The third-order valence-electron chi connectivity index (χ3n) is 3.49. The highest BCUT2D eigenvalue weighted by Gasteiger charge is 2.20. The van der Waals surface area contributed by atoms with Gasteiger partial charge in [0.25, 0.3) is 0 Å². The number of ether oxygens (including phenoxy) is 1. The number of aromatic nitrogens is 5. The van der Waals surface area contributed by atoms with E-state index in [2.05, 4.69) is 20.1 Å². The molecule has 0 radical (unpaired) electrons. The Morgan fingerprint density at radius 2 is 2.00 bits per heavy atom. The quantitative estimate of drug-likeness (QED) is 0.724. The van der Waals surface area contributed by atoms with Crippen LogP contribution in [0.2, 0.25) is 5.15 Å². The minimum Gasteiger partial charge on any atom is -0.455 e. The van der Waals surface area contributed by atoms with Crippen LogP contribution in [0, 0.1) is 6.92 Å². The zero-order valence-corrected chi connectivity index (χ0v) is 15.1. The van der Waals surface area contributed by atoms with Crippen LogP contribution in [0.15, 0.2) is 35.3 Å². The van der Waals surface area contributed by atoms with Crippen LogP contribution < -0.4 is 10.4 Å². The highest BCUT2D eigenvalue weighted by molar-refractivity contribution is 6.29. The predicted octanol–water partition coefficient (Wildman–Crippen LogP) is 3.40. The number of pyridine rings is 2. The largest absolute Gasteiger partial charge is 0.455 e. The fourth-order valence-electron chi connectivity index (χ4n) is 2.15. The summed E-state index contributed by atoms with van der Waals surface area (Å²) in [5, 5.41) is 4.68. The van der Waals surface area contributed by atoms with Gasteiger partial charge in [0, 0.05) is 17.7 Å². The van der Waals surface area contributed by atoms with Gasteiger partial charge in [0.15, 0.2) is 5.82 Å². The number of nitrogens with one attached hydrogen (secondary N) is 1. The second-order valence-corrected chi connectivity index (χ2v) is 7.00. The van der Waals surface area contributed by atoms with E-state index in [0.717, 1.165) is 0 Å². The standard InChI is InChI=1S/C17H18ClN5O2/c1-10-12(25-11-7-8-19-13(18)9-11)5-6-14(20-10)23-16(24)21-15(22-23)17(2,3)4/h5-9H,1-4H3,(H,21,22,24). The number of H-pyrrole nitrogens is 1. The van der Waals surface area contributed by atoms with Crippen LogP contribution in [-0.4, -0.2) is 24.7 Å². The van der Waals surface area contributed by atoms with Gasteiger partial charge in [-0.25, -0.2) is 14.8 Å². The maximum atomic E-state index is 12.2. The molecule has 0 amide bonds. The Labute approximate surface area is 149 Å². The number of halogens is 1. The Balaban J connectivity index is 1.92. The molecule has 130 valence electrons. The number of aromatic amines is 1. The molecule has 0 aliphatic heterocycles. The number of rotatable bonds is 3. The summed E-state index contributed by atoms with van der Waals surface area (Å²) < 4.78 is 7.02. The van der Waals surface area contributed by atoms with Crippen LogP contribution in [0.5, 0.6) is 11.5 Å². The van der Waals surface area contributed by atoms with Gasteiger partial charge in [-0.3, -0.25) is 4.98 Å². The highest BCUT2D eigenvalue weighted by atomic mass is 35.5. The van der Waals surface area contributed by atoms with E-state index in [4.69, 9.17) is 16.3 Å². The Kier molecular flexibility index (Phi) is 4.34. The Bertz CT molecular complexity index is 972. The smallest absolute Gasteiger partial charge is 0.349 e. The van der Waals surface area contributed by atoms with Crippen molar-refractivity contribution >= 4 is 11.6 Å². The van der Waals surface area contributed by atoms with E-state index in [0.29, 0.717) is 34.0 Å². The van der Waals surface area contributed by atoms with Gasteiger partial charge in [0.2, 0.25) is 0 Å². The second kappa shape index (κ2) is 6.33. The molecule has 0 fully saturated rings. The number of hydrogen-bond acceptors (Lipinski definition) is 5. The van der Waals surface area contributed by atoms with Gasteiger partial charge in [-0.15, -0.1) is 5.10 Å². The minimum atomic E-state index is -0.327. The predicted molar refractivity (Wildman–Crippen MR) is 94.7 cm³/mol. The molecule has 0 aliphatic rings. The summed E-state index contributed by atoms with van der Waals surface area (Å²) in [5.41, 5.74) is 0.0346. The molecule has 0 atom stereocenters. The molecule has 25 heavy (non-hydrogen) atoms. The number of hydrogen-bond donors (Lipinski definition) is 1. The monoisotopic (exact) mass is 359 g/mol. The van der Waals surface area contributed by atoms with E-state index in [1.807, 2.05) is 20.8 Å². The van der Waals surface area contributed by atoms with Gasteiger partial charge in [0.1, 0.15) is 22.5 Å². The Morgan fingerprint density at radius 1 is 1.24 bits per heavy atom. The molecule has 7 nitrogen and oxygen atoms in total. The maximum Gasteiger partial charge on any atom is 0.349 e. The van der Waals surface area contributed by atoms with Crippen molar-refractivity contribution in [3.05, 3.63) is 57.6 Å². The molecule has 3 aromatic rings. The van der Waals surface area contributed by atoms with E-state index < -0.39 is 0 Å². The molecule has 0 spiro atoms. The van der Waals surface area contributed by atoms with Crippen LogP contribution in [0.4, 0.5) is 0 Å². The molecule has 1 N–H and O–H groups in total. The van der Waals surface area contributed by atoms with Gasteiger partial charge in [-0.2, -0.15) is 4.68 Å². The van der Waals surface area contributed by atoms with Crippen molar-refractivity contribution in [3.63, 3.8) is 0 Å². The van der Waals surface area contributed by atoms with Gasteiger partial charge in [-0.1, -0.05) is 32.4 Å². The summed E-state index contributed by atoms with van der Waals surface area (Å²) in [6.45, 7) is 7.73. The molecule has 8 heteroatoms. The van der Waals surface area contributed by atoms with Gasteiger partial charge in [0.05, 0.1) is 5.69 Å². The van der Waals surface area contributed by atoms with E-state index >= 15 is 0 Å². The fraction of sp³-hybridized carbons (Fsp3) is 0.294. The normalized spacial score (nSPS) is 11.6. The lowest BCUT2D eigenvalue weighted by atomic mass is 9.96. The number of aryl methyl sites for hydroxylation is 1.